The molecule has 0 aromatic carbocycles. The Hall–Kier alpha value is -1.36. The molecule has 0 radical (unpaired) electrons. The SMILES string of the molecule is NC(=O)CCCCCCc1ccc(CCCCCCC(N)=O)s1. The average Bonchev–Trinajstić information content (AvgIpc) is 2.93. The Kier molecular flexibility index (Phi) is 10.4. The second kappa shape index (κ2) is 12.1. The summed E-state index contributed by atoms with van der Waals surface area (Å²) in [4.78, 5) is 24.2. The Morgan fingerprint density at radius 2 is 1.09 bits per heavy atom. The fraction of sp³-hybridized carbons (Fsp3) is 0.667. The molecule has 5 heteroatoms. The number of rotatable bonds is 14. The topological polar surface area (TPSA) is 86.2 Å². The van der Waals surface area contributed by atoms with E-state index >= 15 is 0 Å². The van der Waals surface area contributed by atoms with Crippen LogP contribution in [-0.2, 0) is 22.4 Å². The van der Waals surface area contributed by atoms with Crippen LogP contribution in [0.4, 0.5) is 0 Å². The number of aryl methyl sites for hydroxylation is 2. The molecule has 0 saturated heterocycles. The maximum absolute atomic E-state index is 10.6. The van der Waals surface area contributed by atoms with Gasteiger partial charge in [0.05, 0.1) is 0 Å². The maximum atomic E-state index is 10.6. The van der Waals surface area contributed by atoms with Crippen LogP contribution in [-0.4, -0.2) is 11.8 Å². The fourth-order valence-corrected chi connectivity index (χ4v) is 3.70. The molecule has 130 valence electrons. The number of thiophene rings is 1. The number of amides is 2. The molecule has 2 amide bonds. The van der Waals surface area contributed by atoms with Gasteiger partial charge in [-0.15, -0.1) is 11.3 Å². The highest BCUT2D eigenvalue weighted by molar-refractivity contribution is 7.11. The summed E-state index contributed by atoms with van der Waals surface area (Å²) in [6, 6.07) is 4.49. The smallest absolute Gasteiger partial charge is 0.217 e. The van der Waals surface area contributed by atoms with E-state index in [9.17, 15) is 9.59 Å². The summed E-state index contributed by atoms with van der Waals surface area (Å²) in [5, 5.41) is 0. The summed E-state index contributed by atoms with van der Waals surface area (Å²) in [7, 11) is 0. The standard InChI is InChI=1S/C18H30N2O2S/c19-17(21)11-7-3-1-5-9-15-13-14-16(23-15)10-6-2-4-8-12-18(20)22/h13-14H,1-12H2,(H2,19,21)(H2,20,22). The van der Waals surface area contributed by atoms with E-state index in [-0.39, 0.29) is 11.8 Å². The van der Waals surface area contributed by atoms with Gasteiger partial charge in [-0.05, 0) is 50.7 Å². The Morgan fingerprint density at radius 3 is 1.48 bits per heavy atom. The quantitative estimate of drug-likeness (QED) is 0.507. The lowest BCUT2D eigenvalue weighted by Gasteiger charge is -2.00. The first-order valence-corrected chi connectivity index (χ1v) is 9.54. The van der Waals surface area contributed by atoms with E-state index < -0.39 is 0 Å². The molecular weight excluding hydrogens is 308 g/mol. The lowest BCUT2D eigenvalue weighted by molar-refractivity contribution is -0.119. The molecule has 23 heavy (non-hydrogen) atoms. The number of carbonyl (C=O) groups excluding carboxylic acids is 2. The van der Waals surface area contributed by atoms with E-state index in [4.69, 9.17) is 11.5 Å². The van der Waals surface area contributed by atoms with Crippen LogP contribution in [0.15, 0.2) is 12.1 Å². The van der Waals surface area contributed by atoms with Crippen LogP contribution in [0.25, 0.3) is 0 Å². The predicted molar refractivity (Wildman–Crippen MR) is 96.3 cm³/mol. The summed E-state index contributed by atoms with van der Waals surface area (Å²) in [5.74, 6) is -0.384. The summed E-state index contributed by atoms with van der Waals surface area (Å²) >= 11 is 1.92. The van der Waals surface area contributed by atoms with Crippen LogP contribution in [0, 0.1) is 0 Å². The highest BCUT2D eigenvalue weighted by Gasteiger charge is 2.02. The molecule has 4 N–H and O–H groups in total. The van der Waals surface area contributed by atoms with E-state index in [2.05, 4.69) is 12.1 Å². The second-order valence-corrected chi connectivity index (χ2v) is 7.38. The third-order valence-corrected chi connectivity index (χ3v) is 5.11. The molecule has 0 unspecified atom stereocenters. The Labute approximate surface area is 143 Å². The first kappa shape index (κ1) is 19.7. The molecule has 0 spiro atoms. The lowest BCUT2D eigenvalue weighted by atomic mass is 10.1. The predicted octanol–water partition coefficient (Wildman–Crippen LogP) is 3.70. The first-order chi connectivity index (χ1) is 11.1. The van der Waals surface area contributed by atoms with Gasteiger partial charge in [0, 0.05) is 22.6 Å². The Balaban J connectivity index is 2.03. The van der Waals surface area contributed by atoms with Gasteiger partial charge in [0.2, 0.25) is 11.8 Å². The summed E-state index contributed by atoms with van der Waals surface area (Å²) < 4.78 is 0. The van der Waals surface area contributed by atoms with Gasteiger partial charge in [-0.2, -0.15) is 0 Å². The Morgan fingerprint density at radius 1 is 0.696 bits per heavy atom. The van der Waals surface area contributed by atoms with Gasteiger partial charge in [0.25, 0.3) is 0 Å². The number of carbonyl (C=O) groups is 2. The number of primary amides is 2. The largest absolute Gasteiger partial charge is 0.370 e. The van der Waals surface area contributed by atoms with Crippen LogP contribution >= 0.6 is 11.3 Å². The minimum absolute atomic E-state index is 0.192. The van der Waals surface area contributed by atoms with Crippen molar-refractivity contribution < 1.29 is 9.59 Å². The average molecular weight is 339 g/mol. The van der Waals surface area contributed by atoms with E-state index in [0.29, 0.717) is 12.8 Å². The van der Waals surface area contributed by atoms with Crippen molar-refractivity contribution in [2.24, 2.45) is 11.5 Å². The van der Waals surface area contributed by atoms with Crippen molar-refractivity contribution in [3.05, 3.63) is 21.9 Å². The molecule has 0 aliphatic carbocycles. The number of nitrogens with two attached hydrogens (primary N) is 2. The van der Waals surface area contributed by atoms with Gasteiger partial charge in [-0.1, -0.05) is 25.7 Å². The maximum Gasteiger partial charge on any atom is 0.217 e. The van der Waals surface area contributed by atoms with Crippen LogP contribution in [0.1, 0.15) is 74.0 Å². The van der Waals surface area contributed by atoms with Gasteiger partial charge in [-0.3, -0.25) is 9.59 Å². The van der Waals surface area contributed by atoms with Crippen molar-refractivity contribution in [3.8, 4) is 0 Å². The normalized spacial score (nSPS) is 10.8. The molecule has 1 heterocycles. The summed E-state index contributed by atoms with van der Waals surface area (Å²) in [6.07, 6.45) is 12.0. The zero-order chi connectivity index (χ0) is 16.9. The van der Waals surface area contributed by atoms with E-state index in [1.807, 2.05) is 11.3 Å². The van der Waals surface area contributed by atoms with E-state index in [0.717, 1.165) is 38.5 Å². The summed E-state index contributed by atoms with van der Waals surface area (Å²) in [6.45, 7) is 0. The van der Waals surface area contributed by atoms with Crippen molar-refractivity contribution in [2.45, 2.75) is 77.0 Å². The molecule has 1 rings (SSSR count). The Bertz CT molecular complexity index is 431. The lowest BCUT2D eigenvalue weighted by Crippen LogP contribution is -2.09. The first-order valence-electron chi connectivity index (χ1n) is 8.72. The highest BCUT2D eigenvalue weighted by atomic mass is 32.1. The monoisotopic (exact) mass is 338 g/mol. The van der Waals surface area contributed by atoms with Crippen LogP contribution in [0.5, 0.6) is 0 Å². The number of hydrogen-bond donors (Lipinski definition) is 2. The van der Waals surface area contributed by atoms with Gasteiger partial charge in [-0.25, -0.2) is 0 Å². The number of hydrogen-bond acceptors (Lipinski definition) is 3. The molecule has 4 nitrogen and oxygen atoms in total. The van der Waals surface area contributed by atoms with Crippen LogP contribution in [0.3, 0.4) is 0 Å². The molecule has 0 aliphatic rings. The fourth-order valence-electron chi connectivity index (χ4n) is 2.60. The van der Waals surface area contributed by atoms with Crippen molar-refractivity contribution in [1.29, 1.82) is 0 Å². The van der Waals surface area contributed by atoms with Gasteiger partial charge in [0.15, 0.2) is 0 Å². The van der Waals surface area contributed by atoms with Gasteiger partial charge in [0.1, 0.15) is 0 Å². The van der Waals surface area contributed by atoms with Crippen molar-refractivity contribution in [3.63, 3.8) is 0 Å². The third kappa shape index (κ3) is 10.9. The third-order valence-electron chi connectivity index (χ3n) is 3.91. The minimum Gasteiger partial charge on any atom is -0.370 e. The highest BCUT2D eigenvalue weighted by Crippen LogP contribution is 2.21. The van der Waals surface area contributed by atoms with Gasteiger partial charge < -0.3 is 11.5 Å². The zero-order valence-electron chi connectivity index (χ0n) is 14.0. The van der Waals surface area contributed by atoms with Crippen LogP contribution < -0.4 is 11.5 Å². The minimum atomic E-state index is -0.192. The van der Waals surface area contributed by atoms with Crippen molar-refractivity contribution >= 4 is 23.2 Å². The molecule has 1 aromatic rings. The molecule has 1 aromatic heterocycles. The molecule has 0 saturated carbocycles. The van der Waals surface area contributed by atoms with Crippen LogP contribution in [0.2, 0.25) is 0 Å². The molecule has 0 fully saturated rings. The molecule has 0 atom stereocenters. The number of unbranched alkanes of at least 4 members (excludes halogenated alkanes) is 6. The van der Waals surface area contributed by atoms with E-state index in [1.165, 1.54) is 35.4 Å². The second-order valence-electron chi connectivity index (χ2n) is 6.13. The van der Waals surface area contributed by atoms with Crippen molar-refractivity contribution in [1.82, 2.24) is 0 Å². The van der Waals surface area contributed by atoms with Gasteiger partial charge >= 0.3 is 0 Å². The summed E-state index contributed by atoms with van der Waals surface area (Å²) in [5.41, 5.74) is 10.2. The van der Waals surface area contributed by atoms with Crippen molar-refractivity contribution in [2.75, 3.05) is 0 Å². The molecule has 0 bridgehead atoms. The molecule has 0 aliphatic heterocycles. The zero-order valence-corrected chi connectivity index (χ0v) is 14.8. The molecular formula is C18H30N2O2S. The van der Waals surface area contributed by atoms with E-state index in [1.54, 1.807) is 0 Å².